The van der Waals surface area contributed by atoms with Gasteiger partial charge in [0.2, 0.25) is 0 Å². The number of phenols is 1. The molecule has 2 N–H and O–H groups in total. The van der Waals surface area contributed by atoms with E-state index < -0.39 is 0 Å². The van der Waals surface area contributed by atoms with Crippen LogP contribution in [0.4, 0.5) is 5.69 Å². The maximum atomic E-state index is 9.23. The number of anilines is 1. The molecule has 88 valence electrons. The monoisotopic (exact) mass is 220 g/mol. The minimum Gasteiger partial charge on any atom is -0.508 e. The van der Waals surface area contributed by atoms with E-state index in [4.69, 9.17) is 0 Å². The second-order valence-corrected chi connectivity index (χ2v) is 4.61. The molecule has 0 spiro atoms. The molecule has 0 radical (unpaired) electrons. The summed E-state index contributed by atoms with van der Waals surface area (Å²) in [6.07, 6.45) is 2.60. The SMILES string of the molecule is CN(CC1CCCNC1)c1ccc(O)cc1. The van der Waals surface area contributed by atoms with E-state index in [0.717, 1.165) is 19.0 Å². The van der Waals surface area contributed by atoms with Crippen molar-refractivity contribution < 1.29 is 5.11 Å². The van der Waals surface area contributed by atoms with Crippen LogP contribution >= 0.6 is 0 Å². The third-order valence-corrected chi connectivity index (χ3v) is 3.22. The van der Waals surface area contributed by atoms with Gasteiger partial charge in [-0.15, -0.1) is 0 Å². The van der Waals surface area contributed by atoms with Crippen LogP contribution in [0, 0.1) is 5.92 Å². The fourth-order valence-corrected chi connectivity index (χ4v) is 2.28. The summed E-state index contributed by atoms with van der Waals surface area (Å²) in [6, 6.07) is 7.41. The lowest BCUT2D eigenvalue weighted by molar-refractivity contribution is 0.381. The van der Waals surface area contributed by atoms with Gasteiger partial charge in [-0.1, -0.05) is 0 Å². The number of piperidine rings is 1. The van der Waals surface area contributed by atoms with Crippen molar-refractivity contribution in [1.82, 2.24) is 5.32 Å². The van der Waals surface area contributed by atoms with E-state index in [9.17, 15) is 5.11 Å². The molecule has 1 atom stereocenters. The maximum Gasteiger partial charge on any atom is 0.115 e. The molecule has 1 fully saturated rings. The van der Waals surface area contributed by atoms with Crippen molar-refractivity contribution in [1.29, 1.82) is 0 Å². The summed E-state index contributed by atoms with van der Waals surface area (Å²) in [5.41, 5.74) is 1.17. The van der Waals surface area contributed by atoms with E-state index in [1.54, 1.807) is 12.1 Å². The molecule has 3 nitrogen and oxygen atoms in total. The highest BCUT2D eigenvalue weighted by molar-refractivity contribution is 5.48. The van der Waals surface area contributed by atoms with E-state index in [-0.39, 0.29) is 0 Å². The Morgan fingerprint density at radius 3 is 2.75 bits per heavy atom. The predicted molar refractivity (Wildman–Crippen MR) is 67.0 cm³/mol. The number of hydrogen-bond donors (Lipinski definition) is 2. The molecule has 0 saturated carbocycles. The van der Waals surface area contributed by atoms with Crippen molar-refractivity contribution >= 4 is 5.69 Å². The van der Waals surface area contributed by atoms with Crippen LogP contribution in [-0.2, 0) is 0 Å². The number of benzene rings is 1. The average molecular weight is 220 g/mol. The van der Waals surface area contributed by atoms with E-state index in [1.807, 2.05) is 12.1 Å². The molecular weight excluding hydrogens is 200 g/mol. The van der Waals surface area contributed by atoms with Crippen molar-refractivity contribution in [3.8, 4) is 5.75 Å². The van der Waals surface area contributed by atoms with Crippen LogP contribution in [0.1, 0.15) is 12.8 Å². The van der Waals surface area contributed by atoms with Gasteiger partial charge in [-0.05, 0) is 56.1 Å². The largest absolute Gasteiger partial charge is 0.508 e. The number of aromatic hydroxyl groups is 1. The molecule has 0 aromatic heterocycles. The Hall–Kier alpha value is -1.22. The molecule has 0 bridgehead atoms. The molecule has 1 aliphatic heterocycles. The summed E-state index contributed by atoms with van der Waals surface area (Å²) < 4.78 is 0. The first kappa shape index (κ1) is 11.3. The molecule has 0 aliphatic carbocycles. The molecule has 1 aromatic carbocycles. The quantitative estimate of drug-likeness (QED) is 0.815. The fourth-order valence-electron chi connectivity index (χ4n) is 2.28. The zero-order chi connectivity index (χ0) is 11.4. The summed E-state index contributed by atoms with van der Waals surface area (Å²) in [5, 5.41) is 12.7. The van der Waals surface area contributed by atoms with E-state index >= 15 is 0 Å². The number of phenolic OH excluding ortho intramolecular Hbond substituents is 1. The standard InChI is InChI=1S/C13H20N2O/c1-15(10-11-3-2-8-14-9-11)12-4-6-13(16)7-5-12/h4-7,11,14,16H,2-3,8-10H2,1H3. The highest BCUT2D eigenvalue weighted by Gasteiger charge is 2.15. The highest BCUT2D eigenvalue weighted by atomic mass is 16.3. The van der Waals surface area contributed by atoms with Crippen LogP contribution in [0.2, 0.25) is 0 Å². The normalized spacial score (nSPS) is 20.7. The summed E-state index contributed by atoms with van der Waals surface area (Å²) in [4.78, 5) is 2.26. The second kappa shape index (κ2) is 5.21. The molecular formula is C13H20N2O. The lowest BCUT2D eigenvalue weighted by Gasteiger charge is -2.28. The van der Waals surface area contributed by atoms with Gasteiger partial charge in [0.25, 0.3) is 0 Å². The van der Waals surface area contributed by atoms with Gasteiger partial charge >= 0.3 is 0 Å². The number of hydrogen-bond acceptors (Lipinski definition) is 3. The van der Waals surface area contributed by atoms with Crippen LogP contribution in [0.15, 0.2) is 24.3 Å². The highest BCUT2D eigenvalue weighted by Crippen LogP contribution is 2.19. The van der Waals surface area contributed by atoms with Crippen molar-refractivity contribution in [3.63, 3.8) is 0 Å². The Bertz CT molecular complexity index is 317. The van der Waals surface area contributed by atoms with E-state index in [0.29, 0.717) is 5.75 Å². The molecule has 1 unspecified atom stereocenters. The van der Waals surface area contributed by atoms with Crippen molar-refractivity contribution in [2.75, 3.05) is 31.6 Å². The predicted octanol–water partition coefficient (Wildman–Crippen LogP) is 1.83. The van der Waals surface area contributed by atoms with Gasteiger partial charge in [-0.3, -0.25) is 0 Å². The zero-order valence-electron chi connectivity index (χ0n) is 9.82. The smallest absolute Gasteiger partial charge is 0.115 e. The Morgan fingerprint density at radius 2 is 2.12 bits per heavy atom. The summed E-state index contributed by atoms with van der Waals surface area (Å²) >= 11 is 0. The Balaban J connectivity index is 1.91. The second-order valence-electron chi connectivity index (χ2n) is 4.61. The van der Waals surface area contributed by atoms with Gasteiger partial charge in [0.05, 0.1) is 0 Å². The summed E-state index contributed by atoms with van der Waals surface area (Å²) in [7, 11) is 2.11. The molecule has 1 saturated heterocycles. The Labute approximate surface area is 97.1 Å². The van der Waals surface area contributed by atoms with Gasteiger partial charge < -0.3 is 15.3 Å². The minimum atomic E-state index is 0.330. The van der Waals surface area contributed by atoms with Gasteiger partial charge in [-0.25, -0.2) is 0 Å². The third kappa shape index (κ3) is 2.89. The summed E-state index contributed by atoms with van der Waals surface area (Å²) in [6.45, 7) is 3.37. The lowest BCUT2D eigenvalue weighted by Crippen LogP contribution is -2.36. The number of nitrogens with zero attached hydrogens (tertiary/aromatic N) is 1. The van der Waals surface area contributed by atoms with Crippen molar-refractivity contribution in [3.05, 3.63) is 24.3 Å². The van der Waals surface area contributed by atoms with Crippen molar-refractivity contribution in [2.24, 2.45) is 5.92 Å². The number of rotatable bonds is 3. The molecule has 1 aromatic rings. The first-order chi connectivity index (χ1) is 7.75. The molecule has 3 heteroatoms. The molecule has 16 heavy (non-hydrogen) atoms. The van der Waals surface area contributed by atoms with Crippen LogP contribution in [-0.4, -0.2) is 31.8 Å². The Kier molecular flexibility index (Phi) is 3.67. The lowest BCUT2D eigenvalue weighted by atomic mass is 9.99. The van der Waals surface area contributed by atoms with Gasteiger partial charge in [0.1, 0.15) is 5.75 Å². The topological polar surface area (TPSA) is 35.5 Å². The van der Waals surface area contributed by atoms with Gasteiger partial charge in [0.15, 0.2) is 0 Å². The molecule has 2 rings (SSSR count). The van der Waals surface area contributed by atoms with Gasteiger partial charge in [-0.2, -0.15) is 0 Å². The van der Waals surface area contributed by atoms with E-state index in [2.05, 4.69) is 17.3 Å². The first-order valence-electron chi connectivity index (χ1n) is 5.96. The molecule has 1 heterocycles. The summed E-state index contributed by atoms with van der Waals surface area (Å²) in [5.74, 6) is 1.07. The average Bonchev–Trinajstić information content (AvgIpc) is 2.31. The van der Waals surface area contributed by atoms with Gasteiger partial charge in [0, 0.05) is 19.3 Å². The van der Waals surface area contributed by atoms with Crippen LogP contribution in [0.3, 0.4) is 0 Å². The maximum absolute atomic E-state index is 9.23. The van der Waals surface area contributed by atoms with Crippen LogP contribution < -0.4 is 10.2 Å². The number of nitrogens with one attached hydrogen (secondary N) is 1. The van der Waals surface area contributed by atoms with Crippen LogP contribution in [0.25, 0.3) is 0 Å². The fraction of sp³-hybridized carbons (Fsp3) is 0.538. The Morgan fingerprint density at radius 1 is 1.38 bits per heavy atom. The zero-order valence-corrected chi connectivity index (χ0v) is 9.82. The molecule has 1 aliphatic rings. The minimum absolute atomic E-state index is 0.330. The molecule has 0 amide bonds. The van der Waals surface area contributed by atoms with Crippen LogP contribution in [0.5, 0.6) is 5.75 Å². The first-order valence-corrected chi connectivity index (χ1v) is 5.96. The van der Waals surface area contributed by atoms with Crippen molar-refractivity contribution in [2.45, 2.75) is 12.8 Å². The van der Waals surface area contributed by atoms with E-state index in [1.165, 1.54) is 25.1 Å². The third-order valence-electron chi connectivity index (χ3n) is 3.22.